The molecule has 0 saturated carbocycles. The molecule has 0 radical (unpaired) electrons. The second-order valence-corrected chi connectivity index (χ2v) is 5.80. The Morgan fingerprint density at radius 2 is 1.59 bits per heavy atom. The molecule has 0 atom stereocenters. The van der Waals surface area contributed by atoms with E-state index in [9.17, 15) is 29.4 Å². The molecule has 0 bridgehead atoms. The van der Waals surface area contributed by atoms with E-state index in [0.717, 1.165) is 0 Å². The second kappa shape index (κ2) is 7.69. The fourth-order valence-electron chi connectivity index (χ4n) is 2.64. The molecule has 2 aromatic rings. The molecule has 0 unspecified atom stereocenters. The number of carbonyl (C=O) groups is 4. The molecule has 0 heterocycles. The number of carboxylic acid groups (broad SMARTS) is 3. The van der Waals surface area contributed by atoms with Crippen LogP contribution in [0.4, 0.5) is 0 Å². The SMILES string of the molecule is C=C(C)C(=O)OCCc1cc2cc(C(=O)O)ccc2c(C(=O)O)c1C(=O)O. The van der Waals surface area contributed by atoms with Gasteiger partial charge in [-0.25, -0.2) is 19.2 Å². The number of aromatic carboxylic acids is 3. The molecule has 0 aromatic heterocycles. The Hall–Kier alpha value is -3.68. The number of esters is 1. The summed E-state index contributed by atoms with van der Waals surface area (Å²) in [5.41, 5.74) is -0.655. The van der Waals surface area contributed by atoms with E-state index >= 15 is 0 Å². The molecule has 2 aromatic carbocycles. The van der Waals surface area contributed by atoms with Crippen LogP contribution in [0.3, 0.4) is 0 Å². The van der Waals surface area contributed by atoms with Crippen LogP contribution >= 0.6 is 0 Å². The van der Waals surface area contributed by atoms with Crippen molar-refractivity contribution in [1.82, 2.24) is 0 Å². The number of fused-ring (bicyclic) bond motifs is 1. The van der Waals surface area contributed by atoms with Gasteiger partial charge in [-0.15, -0.1) is 0 Å². The molecular formula is C19H16O8. The van der Waals surface area contributed by atoms with Gasteiger partial charge in [-0.2, -0.15) is 0 Å². The van der Waals surface area contributed by atoms with Crippen LogP contribution in [0.5, 0.6) is 0 Å². The van der Waals surface area contributed by atoms with E-state index < -0.39 is 35.0 Å². The molecular weight excluding hydrogens is 356 g/mol. The highest BCUT2D eigenvalue weighted by Crippen LogP contribution is 2.28. The standard InChI is InChI=1S/C19H16O8/c1-9(2)19(26)27-6-5-10-7-12-8-11(16(20)21)3-4-13(12)15(18(24)25)14(10)17(22)23/h3-4,7-8H,1,5-6H2,2H3,(H,20,21)(H,22,23)(H,24,25). The zero-order chi connectivity index (χ0) is 20.3. The molecule has 3 N–H and O–H groups in total. The van der Waals surface area contributed by atoms with Crippen LogP contribution < -0.4 is 0 Å². The summed E-state index contributed by atoms with van der Waals surface area (Å²) >= 11 is 0. The van der Waals surface area contributed by atoms with Crippen LogP contribution in [0.2, 0.25) is 0 Å². The van der Waals surface area contributed by atoms with E-state index in [4.69, 9.17) is 9.84 Å². The maximum Gasteiger partial charge on any atom is 0.337 e. The van der Waals surface area contributed by atoms with E-state index in [0.29, 0.717) is 0 Å². The van der Waals surface area contributed by atoms with Gasteiger partial charge in [0.05, 0.1) is 23.3 Å². The van der Waals surface area contributed by atoms with Crippen molar-refractivity contribution in [2.45, 2.75) is 13.3 Å². The highest BCUT2D eigenvalue weighted by Gasteiger charge is 2.24. The van der Waals surface area contributed by atoms with Crippen LogP contribution in [-0.2, 0) is 16.0 Å². The van der Waals surface area contributed by atoms with Gasteiger partial charge in [-0.1, -0.05) is 18.7 Å². The Bertz CT molecular complexity index is 987. The molecule has 0 amide bonds. The largest absolute Gasteiger partial charge is 0.478 e. The minimum Gasteiger partial charge on any atom is -0.478 e. The Kier molecular flexibility index (Phi) is 5.60. The summed E-state index contributed by atoms with van der Waals surface area (Å²) < 4.78 is 4.94. The number of hydrogen-bond acceptors (Lipinski definition) is 5. The van der Waals surface area contributed by atoms with Gasteiger partial charge in [0.2, 0.25) is 0 Å². The predicted molar refractivity (Wildman–Crippen MR) is 94.3 cm³/mol. The average Bonchev–Trinajstić information content (AvgIpc) is 2.59. The molecule has 27 heavy (non-hydrogen) atoms. The molecule has 2 rings (SSSR count). The average molecular weight is 372 g/mol. The molecule has 140 valence electrons. The first-order chi connectivity index (χ1) is 12.6. The monoisotopic (exact) mass is 372 g/mol. The number of hydrogen-bond donors (Lipinski definition) is 3. The number of ether oxygens (including phenoxy) is 1. The summed E-state index contributed by atoms with van der Waals surface area (Å²) in [6.07, 6.45) is -0.0613. The number of benzene rings is 2. The van der Waals surface area contributed by atoms with Gasteiger partial charge < -0.3 is 20.1 Å². The lowest BCUT2D eigenvalue weighted by atomic mass is 9.91. The zero-order valence-corrected chi connectivity index (χ0v) is 14.3. The van der Waals surface area contributed by atoms with E-state index in [1.807, 2.05) is 0 Å². The fourth-order valence-corrected chi connectivity index (χ4v) is 2.64. The highest BCUT2D eigenvalue weighted by molar-refractivity contribution is 6.13. The highest BCUT2D eigenvalue weighted by atomic mass is 16.5. The molecule has 0 aliphatic heterocycles. The van der Waals surface area contributed by atoms with Crippen molar-refractivity contribution in [3.05, 3.63) is 58.7 Å². The van der Waals surface area contributed by atoms with Crippen LogP contribution in [0.25, 0.3) is 10.8 Å². The van der Waals surface area contributed by atoms with Crippen molar-refractivity contribution in [2.24, 2.45) is 0 Å². The van der Waals surface area contributed by atoms with Gasteiger partial charge in [0, 0.05) is 12.0 Å². The summed E-state index contributed by atoms with van der Waals surface area (Å²) in [6, 6.07) is 5.13. The quantitative estimate of drug-likeness (QED) is 0.498. The maximum atomic E-state index is 11.7. The summed E-state index contributed by atoms with van der Waals surface area (Å²) in [7, 11) is 0. The van der Waals surface area contributed by atoms with Crippen LogP contribution in [-0.4, -0.2) is 45.8 Å². The summed E-state index contributed by atoms with van der Waals surface area (Å²) in [4.78, 5) is 46.0. The lowest BCUT2D eigenvalue weighted by molar-refractivity contribution is -0.138. The predicted octanol–water partition coefficient (Wildman–Crippen LogP) is 2.60. The van der Waals surface area contributed by atoms with Crippen molar-refractivity contribution in [2.75, 3.05) is 6.61 Å². The number of rotatable bonds is 7. The molecule has 0 saturated heterocycles. The first kappa shape index (κ1) is 19.6. The van der Waals surface area contributed by atoms with Crippen LogP contribution in [0.15, 0.2) is 36.4 Å². The zero-order valence-electron chi connectivity index (χ0n) is 14.3. The van der Waals surface area contributed by atoms with E-state index in [-0.39, 0.29) is 40.5 Å². The van der Waals surface area contributed by atoms with Crippen LogP contribution in [0.1, 0.15) is 43.6 Å². The topological polar surface area (TPSA) is 138 Å². The molecule has 0 aliphatic carbocycles. The lowest BCUT2D eigenvalue weighted by Crippen LogP contribution is -2.15. The second-order valence-electron chi connectivity index (χ2n) is 5.80. The number of carboxylic acids is 3. The minimum absolute atomic E-state index is 0.0613. The maximum absolute atomic E-state index is 11.7. The minimum atomic E-state index is -1.46. The molecule has 0 aliphatic rings. The number of carbonyl (C=O) groups excluding carboxylic acids is 1. The molecule has 0 spiro atoms. The third-order valence-electron chi connectivity index (χ3n) is 3.85. The van der Waals surface area contributed by atoms with Gasteiger partial charge in [0.1, 0.15) is 0 Å². The Labute approximate surface area is 153 Å². The van der Waals surface area contributed by atoms with Gasteiger partial charge in [0.25, 0.3) is 0 Å². The Balaban J connectivity index is 2.62. The van der Waals surface area contributed by atoms with Crippen molar-refractivity contribution in [1.29, 1.82) is 0 Å². The van der Waals surface area contributed by atoms with Gasteiger partial charge >= 0.3 is 23.9 Å². The lowest BCUT2D eigenvalue weighted by Gasteiger charge is -2.13. The van der Waals surface area contributed by atoms with Crippen molar-refractivity contribution < 1.29 is 39.2 Å². The van der Waals surface area contributed by atoms with Crippen molar-refractivity contribution in [3.8, 4) is 0 Å². The smallest absolute Gasteiger partial charge is 0.337 e. The Morgan fingerprint density at radius 1 is 0.963 bits per heavy atom. The van der Waals surface area contributed by atoms with E-state index in [1.165, 1.54) is 31.2 Å². The summed E-state index contributed by atoms with van der Waals surface area (Å²) in [5.74, 6) is -4.76. The fraction of sp³-hybridized carbons (Fsp3) is 0.158. The van der Waals surface area contributed by atoms with Gasteiger partial charge in [0.15, 0.2) is 0 Å². The molecule has 0 fully saturated rings. The Morgan fingerprint density at radius 3 is 2.11 bits per heavy atom. The molecule has 8 nitrogen and oxygen atoms in total. The van der Waals surface area contributed by atoms with Crippen molar-refractivity contribution >= 4 is 34.6 Å². The van der Waals surface area contributed by atoms with Crippen molar-refractivity contribution in [3.63, 3.8) is 0 Å². The third kappa shape index (κ3) is 4.12. The van der Waals surface area contributed by atoms with E-state index in [1.54, 1.807) is 0 Å². The summed E-state index contributed by atoms with van der Waals surface area (Å²) in [6.45, 7) is 4.70. The van der Waals surface area contributed by atoms with Gasteiger partial charge in [-0.3, -0.25) is 0 Å². The molecule has 8 heteroatoms. The first-order valence-electron chi connectivity index (χ1n) is 7.75. The van der Waals surface area contributed by atoms with Gasteiger partial charge in [-0.05, 0) is 35.4 Å². The summed E-state index contributed by atoms with van der Waals surface area (Å²) in [5, 5.41) is 28.5. The normalized spacial score (nSPS) is 10.4. The first-order valence-corrected chi connectivity index (χ1v) is 7.75. The van der Waals surface area contributed by atoms with E-state index in [2.05, 4.69) is 6.58 Å². The third-order valence-corrected chi connectivity index (χ3v) is 3.85. The van der Waals surface area contributed by atoms with Crippen LogP contribution in [0, 0.1) is 0 Å².